The molecule has 9 heteroatoms. The molecule has 4 rings (SSSR count). The summed E-state index contributed by atoms with van der Waals surface area (Å²) in [7, 11) is -4.12. The minimum atomic E-state index is -4.12. The summed E-state index contributed by atoms with van der Waals surface area (Å²) in [6.07, 6.45) is 4.21. The third-order valence-electron chi connectivity index (χ3n) is 7.35. The van der Waals surface area contributed by atoms with Crippen molar-refractivity contribution in [2.24, 2.45) is 0 Å². The van der Waals surface area contributed by atoms with Crippen LogP contribution in [0.2, 0.25) is 0 Å². The van der Waals surface area contributed by atoms with Crippen molar-refractivity contribution in [1.29, 1.82) is 0 Å². The number of amides is 2. The Kier molecular flexibility index (Phi) is 9.58. The predicted molar refractivity (Wildman–Crippen MR) is 154 cm³/mol. The molecule has 0 radical (unpaired) electrons. The zero-order valence-corrected chi connectivity index (χ0v) is 23.7. The Labute approximate surface area is 236 Å². The van der Waals surface area contributed by atoms with Gasteiger partial charge in [0.25, 0.3) is 10.0 Å². The lowest BCUT2D eigenvalue weighted by Gasteiger charge is -2.34. The highest BCUT2D eigenvalue weighted by Crippen LogP contribution is 2.27. The monoisotopic (exact) mass is 565 g/mol. The Balaban J connectivity index is 1.71. The van der Waals surface area contributed by atoms with E-state index in [0.717, 1.165) is 30.0 Å². The van der Waals surface area contributed by atoms with Crippen LogP contribution < -0.4 is 9.62 Å². The molecule has 0 aliphatic heterocycles. The molecule has 2 amide bonds. The number of para-hydroxylation sites is 1. The summed E-state index contributed by atoms with van der Waals surface area (Å²) in [6.45, 7) is 3.14. The summed E-state index contributed by atoms with van der Waals surface area (Å²) in [5.74, 6) is -1.20. The Morgan fingerprint density at radius 3 is 2.20 bits per heavy atom. The number of benzene rings is 3. The number of hydrogen-bond donors (Lipinski definition) is 1. The molecular weight excluding hydrogens is 529 g/mol. The lowest BCUT2D eigenvalue weighted by Crippen LogP contribution is -2.53. The summed E-state index contributed by atoms with van der Waals surface area (Å²) in [5.41, 5.74) is 1.70. The first kappa shape index (κ1) is 29.3. The first-order valence-electron chi connectivity index (χ1n) is 13.7. The summed E-state index contributed by atoms with van der Waals surface area (Å²) in [6, 6.07) is 19.9. The van der Waals surface area contributed by atoms with Crippen molar-refractivity contribution < 1.29 is 22.4 Å². The Morgan fingerprint density at radius 2 is 1.57 bits per heavy atom. The molecule has 1 atom stereocenters. The molecule has 3 aromatic rings. The van der Waals surface area contributed by atoms with E-state index in [1.54, 1.807) is 61.5 Å². The van der Waals surface area contributed by atoms with Gasteiger partial charge < -0.3 is 10.2 Å². The third-order valence-corrected chi connectivity index (χ3v) is 9.12. The second-order valence-corrected chi connectivity index (χ2v) is 12.0. The van der Waals surface area contributed by atoms with Gasteiger partial charge in [0.2, 0.25) is 11.8 Å². The van der Waals surface area contributed by atoms with Crippen molar-refractivity contribution in [2.45, 2.75) is 69.5 Å². The SMILES string of the molecule is CC[C@@H](C(=O)NC1CCCC1)N(Cc1ccc(F)cc1)C(=O)CN(c1ccccc1C)S(=O)(=O)c1ccccc1. The van der Waals surface area contributed by atoms with Crippen LogP contribution in [0.4, 0.5) is 10.1 Å². The van der Waals surface area contributed by atoms with E-state index in [1.165, 1.54) is 29.2 Å². The van der Waals surface area contributed by atoms with Crippen molar-refractivity contribution >= 4 is 27.5 Å². The lowest BCUT2D eigenvalue weighted by molar-refractivity contribution is -0.140. The molecule has 0 aromatic heterocycles. The second-order valence-electron chi connectivity index (χ2n) is 10.2. The van der Waals surface area contributed by atoms with Crippen LogP contribution in [0.1, 0.15) is 50.2 Å². The highest BCUT2D eigenvalue weighted by atomic mass is 32.2. The number of anilines is 1. The molecule has 1 N–H and O–H groups in total. The average molecular weight is 566 g/mol. The van der Waals surface area contributed by atoms with Crippen LogP contribution in [-0.4, -0.2) is 43.8 Å². The topological polar surface area (TPSA) is 86.8 Å². The van der Waals surface area contributed by atoms with E-state index >= 15 is 0 Å². The van der Waals surface area contributed by atoms with Crippen molar-refractivity contribution in [3.8, 4) is 0 Å². The number of nitrogens with zero attached hydrogens (tertiary/aromatic N) is 2. The number of hydrogen-bond acceptors (Lipinski definition) is 4. The number of aryl methyl sites for hydroxylation is 1. The van der Waals surface area contributed by atoms with Gasteiger partial charge in [-0.25, -0.2) is 12.8 Å². The Morgan fingerprint density at radius 1 is 0.950 bits per heavy atom. The fraction of sp³-hybridized carbons (Fsp3) is 0.355. The highest BCUT2D eigenvalue weighted by Gasteiger charge is 2.34. The molecule has 40 heavy (non-hydrogen) atoms. The van der Waals surface area contributed by atoms with E-state index in [4.69, 9.17) is 0 Å². The minimum absolute atomic E-state index is 0.0305. The lowest BCUT2D eigenvalue weighted by atomic mass is 10.1. The number of sulfonamides is 1. The molecule has 0 bridgehead atoms. The van der Waals surface area contributed by atoms with E-state index in [2.05, 4.69) is 5.32 Å². The summed E-state index contributed by atoms with van der Waals surface area (Å²) in [5, 5.41) is 3.09. The largest absolute Gasteiger partial charge is 0.352 e. The Hall–Kier alpha value is -3.72. The molecule has 1 aliphatic carbocycles. The van der Waals surface area contributed by atoms with Gasteiger partial charge in [-0.3, -0.25) is 13.9 Å². The number of carbonyl (C=O) groups excluding carboxylic acids is 2. The fourth-order valence-corrected chi connectivity index (χ4v) is 6.65. The predicted octanol–water partition coefficient (Wildman–Crippen LogP) is 5.20. The number of nitrogens with one attached hydrogen (secondary N) is 1. The van der Waals surface area contributed by atoms with Crippen molar-refractivity contribution in [2.75, 3.05) is 10.8 Å². The van der Waals surface area contributed by atoms with Gasteiger partial charge in [0.1, 0.15) is 18.4 Å². The molecule has 3 aromatic carbocycles. The van der Waals surface area contributed by atoms with Crippen LogP contribution in [0.15, 0.2) is 83.8 Å². The number of halogens is 1. The molecule has 212 valence electrons. The summed E-state index contributed by atoms with van der Waals surface area (Å²) in [4.78, 5) is 29.0. The zero-order valence-electron chi connectivity index (χ0n) is 22.9. The van der Waals surface area contributed by atoms with Gasteiger partial charge in [0.15, 0.2) is 0 Å². The van der Waals surface area contributed by atoms with Crippen LogP contribution in [0.5, 0.6) is 0 Å². The van der Waals surface area contributed by atoms with Crippen molar-refractivity contribution in [3.05, 3.63) is 95.8 Å². The maximum Gasteiger partial charge on any atom is 0.264 e. The summed E-state index contributed by atoms with van der Waals surface area (Å²) >= 11 is 0. The number of carbonyl (C=O) groups is 2. The van der Waals surface area contributed by atoms with Gasteiger partial charge in [-0.1, -0.05) is 68.3 Å². The van der Waals surface area contributed by atoms with Gasteiger partial charge in [-0.15, -0.1) is 0 Å². The van der Waals surface area contributed by atoms with Crippen molar-refractivity contribution in [1.82, 2.24) is 10.2 Å². The average Bonchev–Trinajstić information content (AvgIpc) is 3.46. The smallest absolute Gasteiger partial charge is 0.264 e. The normalized spacial score (nSPS) is 14.5. The summed E-state index contributed by atoms with van der Waals surface area (Å²) < 4.78 is 42.5. The van der Waals surface area contributed by atoms with Gasteiger partial charge >= 0.3 is 0 Å². The first-order chi connectivity index (χ1) is 19.2. The number of rotatable bonds is 11. The molecule has 1 fully saturated rings. The van der Waals surface area contributed by atoms with Crippen LogP contribution in [0, 0.1) is 12.7 Å². The van der Waals surface area contributed by atoms with Crippen LogP contribution >= 0.6 is 0 Å². The van der Waals surface area contributed by atoms with E-state index < -0.39 is 34.3 Å². The van der Waals surface area contributed by atoms with Gasteiger partial charge in [-0.05, 0) is 67.6 Å². The van der Waals surface area contributed by atoms with E-state index in [-0.39, 0.29) is 23.4 Å². The standard InChI is InChI=1S/C31H36FN3O4S/c1-3-28(31(37)33-26-12-8-9-13-26)34(21-24-17-19-25(32)20-18-24)30(36)22-35(29-16-10-7-11-23(29)2)40(38,39)27-14-5-4-6-15-27/h4-7,10-11,14-20,26,28H,3,8-9,12-13,21-22H2,1-2H3,(H,33,37)/t28-/m0/s1. The molecule has 0 unspecified atom stereocenters. The molecule has 0 saturated heterocycles. The molecule has 7 nitrogen and oxygen atoms in total. The Bertz CT molecular complexity index is 1410. The molecule has 0 heterocycles. The van der Waals surface area contributed by atoms with Crippen LogP contribution in [-0.2, 0) is 26.2 Å². The molecule has 0 spiro atoms. The first-order valence-corrected chi connectivity index (χ1v) is 15.1. The maximum atomic E-state index is 14.1. The third kappa shape index (κ3) is 6.88. The molecule has 1 saturated carbocycles. The van der Waals surface area contributed by atoms with Crippen LogP contribution in [0.25, 0.3) is 0 Å². The van der Waals surface area contributed by atoms with Gasteiger partial charge in [0.05, 0.1) is 10.6 Å². The minimum Gasteiger partial charge on any atom is -0.352 e. The zero-order chi connectivity index (χ0) is 28.7. The van der Waals surface area contributed by atoms with Gasteiger partial charge in [0, 0.05) is 12.6 Å². The van der Waals surface area contributed by atoms with E-state index in [1.807, 2.05) is 6.92 Å². The van der Waals surface area contributed by atoms with E-state index in [0.29, 0.717) is 23.2 Å². The molecular formula is C31H36FN3O4S. The van der Waals surface area contributed by atoms with Crippen molar-refractivity contribution in [3.63, 3.8) is 0 Å². The molecule has 1 aliphatic rings. The van der Waals surface area contributed by atoms with Gasteiger partial charge in [-0.2, -0.15) is 0 Å². The highest BCUT2D eigenvalue weighted by molar-refractivity contribution is 7.92. The van der Waals surface area contributed by atoms with Crippen LogP contribution in [0.3, 0.4) is 0 Å². The quantitative estimate of drug-likeness (QED) is 0.347. The second kappa shape index (κ2) is 13.1. The maximum absolute atomic E-state index is 14.1. The fourth-order valence-electron chi connectivity index (χ4n) is 5.15. The van der Waals surface area contributed by atoms with E-state index in [9.17, 15) is 22.4 Å².